The maximum atomic E-state index is 8.70. The number of hydrogen-bond acceptors (Lipinski definition) is 6. The zero-order valence-corrected chi connectivity index (χ0v) is 65.7. The molecule has 3 heterocycles. The lowest BCUT2D eigenvalue weighted by Gasteiger charge is -2.15. The Hall–Kier alpha value is -16.3. The first-order valence-electron chi connectivity index (χ1n) is 45.7. The second-order valence-electron chi connectivity index (χ2n) is 30.5. The molecule has 0 atom stereocenters. The van der Waals surface area contributed by atoms with E-state index < -0.39 is 36.3 Å². The third-order valence-electron chi connectivity index (χ3n) is 23.1. The summed E-state index contributed by atoms with van der Waals surface area (Å²) < 4.78 is 103. The molecule has 0 aliphatic rings. The second kappa shape index (κ2) is 31.3. The van der Waals surface area contributed by atoms with Crippen LogP contribution in [0.4, 0.5) is 34.1 Å². The molecule has 0 spiro atoms. The van der Waals surface area contributed by atoms with Gasteiger partial charge in [-0.1, -0.05) is 352 Å². The lowest BCUT2D eigenvalue weighted by atomic mass is 9.95. The normalized spacial score (nSPS) is 12.6. The Morgan fingerprint density at radius 3 is 1.16 bits per heavy atom. The van der Waals surface area contributed by atoms with Crippen molar-refractivity contribution in [1.82, 2.24) is 0 Å². The molecule has 122 heavy (non-hydrogen) atoms. The smallest absolute Gasteiger partial charge is 0.143 e. The van der Waals surface area contributed by atoms with Gasteiger partial charge in [0.25, 0.3) is 0 Å². The van der Waals surface area contributed by atoms with Crippen molar-refractivity contribution in [2.75, 3.05) is 16.0 Å². The number of rotatable bonds is 13. The zero-order chi connectivity index (χ0) is 89.5. The van der Waals surface area contributed by atoms with E-state index in [-0.39, 0.29) is 35.3 Å². The van der Waals surface area contributed by atoms with Crippen molar-refractivity contribution in [2.24, 2.45) is 0 Å². The molecule has 0 bridgehead atoms. The van der Waals surface area contributed by atoms with Gasteiger partial charge in [-0.3, -0.25) is 0 Å². The summed E-state index contributed by atoms with van der Waals surface area (Å²) in [5.41, 5.74) is 22.3. The molecular weight excluding hydrogens is 1480 g/mol. The fraction of sp³-hybridized carbons (Fsp3) is 0. The van der Waals surface area contributed by atoms with Gasteiger partial charge in [0.1, 0.15) is 33.5 Å². The highest BCUT2D eigenvalue weighted by Gasteiger charge is 2.21. The van der Waals surface area contributed by atoms with Gasteiger partial charge in [0.05, 0.1) is 13.7 Å². The van der Waals surface area contributed by atoms with Crippen molar-refractivity contribution >= 4 is 154 Å². The molecule has 24 rings (SSSR count). The molecule has 574 valence electrons. The third kappa shape index (κ3) is 13.8. The van der Waals surface area contributed by atoms with E-state index in [9.17, 15) is 0 Å². The average molecular weight is 1570 g/mol. The van der Waals surface area contributed by atoms with E-state index in [0.29, 0.717) is 33.6 Å². The van der Waals surface area contributed by atoms with Crippen molar-refractivity contribution in [3.63, 3.8) is 0 Å². The molecule has 3 aromatic heterocycles. The highest BCUT2D eigenvalue weighted by atomic mass is 16.3. The molecule has 0 amide bonds. The van der Waals surface area contributed by atoms with E-state index in [2.05, 4.69) is 307 Å². The van der Waals surface area contributed by atoms with E-state index in [4.69, 9.17) is 27.0 Å². The maximum Gasteiger partial charge on any atom is 0.143 e. The van der Waals surface area contributed by atoms with Crippen LogP contribution in [-0.2, 0) is 0 Å². The monoisotopic (exact) mass is 1570 g/mol. The molecule has 6 nitrogen and oxygen atoms in total. The number of anilines is 6. The molecular formula is C116H77N3O3. The minimum absolute atomic E-state index is 0.0417. The quantitative estimate of drug-likeness (QED) is 0.107. The number of hydrogen-bond donors (Lipinski definition) is 3. The van der Waals surface area contributed by atoms with Crippen molar-refractivity contribution in [3.8, 4) is 77.9 Å². The summed E-state index contributed by atoms with van der Waals surface area (Å²) in [5.74, 6) is 0. The number of para-hydroxylation sites is 2. The summed E-state index contributed by atoms with van der Waals surface area (Å²) in [6.45, 7) is 0. The molecule has 6 heteroatoms. The Labute approximate surface area is 719 Å². The van der Waals surface area contributed by atoms with Crippen LogP contribution >= 0.6 is 0 Å². The van der Waals surface area contributed by atoms with Crippen LogP contribution in [0.15, 0.2) is 462 Å². The van der Waals surface area contributed by atoms with E-state index in [1.54, 1.807) is 36.4 Å². The number of nitrogens with one attached hydrogen (secondary N) is 3. The number of benzene rings is 21. The predicted octanol–water partition coefficient (Wildman–Crippen LogP) is 33.4. The summed E-state index contributed by atoms with van der Waals surface area (Å²) in [6.07, 6.45) is 0. The lowest BCUT2D eigenvalue weighted by molar-refractivity contribution is 0.672. The molecule has 3 N–H and O–H groups in total. The van der Waals surface area contributed by atoms with Crippen molar-refractivity contribution in [3.05, 3.63) is 449 Å². The van der Waals surface area contributed by atoms with Crippen LogP contribution in [0.1, 0.15) is 13.7 Å². The third-order valence-corrected chi connectivity index (χ3v) is 23.1. The number of furan rings is 3. The Morgan fingerprint density at radius 1 is 0.172 bits per heavy atom. The van der Waals surface area contributed by atoms with Gasteiger partial charge in [0.2, 0.25) is 0 Å². The largest absolute Gasteiger partial charge is 0.455 e. The Balaban J connectivity index is 0.000000117. The topological polar surface area (TPSA) is 75.5 Å². The van der Waals surface area contributed by atoms with Crippen LogP contribution in [0, 0.1) is 0 Å². The Morgan fingerprint density at radius 2 is 0.557 bits per heavy atom. The summed E-state index contributed by atoms with van der Waals surface area (Å²) >= 11 is 0. The van der Waals surface area contributed by atoms with Crippen LogP contribution < -0.4 is 16.0 Å². The van der Waals surface area contributed by atoms with Crippen molar-refractivity contribution < 1.29 is 27.0 Å². The molecule has 0 saturated heterocycles. The molecule has 0 radical (unpaired) electrons. The van der Waals surface area contributed by atoms with Crippen LogP contribution in [0.5, 0.6) is 0 Å². The summed E-state index contributed by atoms with van der Waals surface area (Å²) in [5, 5.41) is 28.6. The van der Waals surface area contributed by atoms with Gasteiger partial charge in [-0.15, -0.1) is 0 Å². The fourth-order valence-electron chi connectivity index (χ4n) is 17.1. The first-order chi connectivity index (χ1) is 64.6. The van der Waals surface area contributed by atoms with E-state index in [0.717, 1.165) is 132 Å². The lowest BCUT2D eigenvalue weighted by Crippen LogP contribution is -1.94. The summed E-state index contributed by atoms with van der Waals surface area (Å²) in [4.78, 5) is 0. The molecule has 0 saturated carbocycles. The van der Waals surface area contributed by atoms with Gasteiger partial charge < -0.3 is 29.2 Å². The standard InChI is InChI=1S/2C40H27NO.C36H23NO/c1-3-10-27(11-4-1)30-15-9-16-34(23-30)41-35-24-32(28-12-5-2-6-13-28)22-33(25-35)31-19-20-37-38-21-18-29-14-7-8-17-36(29)40(38)42-39(37)26-31;1-2-7-27(8-3-1)29-17-22-33(23-18-29)41-34-24-19-30(20-25-34)28-13-15-32(16-14-28)36-11-6-12-37-38-26-21-31-9-4-5-10-35(31)40(38)42-39(36)37;1-3-12-25-23(9-1)11-7-18-33(25)37-34-22-21-28(27-14-5-6-15-29(27)34)30-16-8-17-31-32-20-19-24-10-2-4-13-26(24)35(32)38-36(30)31/h2*1-26,41H;1-22,37H/i1D,2D,3D,4D,5D,6D,10D,11D,12D,13D;;. The van der Waals surface area contributed by atoms with Gasteiger partial charge in [-0.05, 0) is 191 Å². The van der Waals surface area contributed by atoms with E-state index in [1.807, 2.05) is 60.7 Å². The van der Waals surface area contributed by atoms with Crippen LogP contribution in [0.3, 0.4) is 0 Å². The highest BCUT2D eigenvalue weighted by Crippen LogP contribution is 2.46. The minimum Gasteiger partial charge on any atom is -0.455 e. The van der Waals surface area contributed by atoms with Gasteiger partial charge >= 0.3 is 0 Å². The van der Waals surface area contributed by atoms with Crippen molar-refractivity contribution in [1.29, 1.82) is 0 Å². The van der Waals surface area contributed by atoms with Gasteiger partial charge in [0.15, 0.2) is 0 Å². The van der Waals surface area contributed by atoms with Crippen molar-refractivity contribution in [2.45, 2.75) is 0 Å². The number of fused-ring (bicyclic) bond motifs is 17. The maximum absolute atomic E-state index is 8.70. The first-order valence-corrected chi connectivity index (χ1v) is 40.7. The predicted molar refractivity (Wildman–Crippen MR) is 516 cm³/mol. The molecule has 0 aliphatic heterocycles. The zero-order valence-electron chi connectivity index (χ0n) is 75.7. The van der Waals surface area contributed by atoms with E-state index in [1.165, 1.54) is 54.6 Å². The van der Waals surface area contributed by atoms with E-state index >= 15 is 0 Å². The summed E-state index contributed by atoms with van der Waals surface area (Å²) in [7, 11) is 0. The molecule has 0 aliphatic carbocycles. The Bertz CT molecular complexity index is 8690. The van der Waals surface area contributed by atoms with Gasteiger partial charge in [0, 0.05) is 104 Å². The fourth-order valence-corrected chi connectivity index (χ4v) is 17.1. The SMILES string of the molecule is [2H]c1c([2H])c([2H])c(-c2cccc(Nc3cc(-c4ccc5c(c4)oc4c6ccccc6ccc54)cc(-c4c([2H])c([2H])c([2H])c([2H])c4[2H])c3)c2)c([2H])c1[2H].c1ccc(-c2ccc(Nc3ccc(-c4ccc(-c5cccc6c5oc5c7ccccc7ccc65)cc4)cc3)cc2)cc1.c1ccc2c(Nc3ccc(-c4cccc5c4oc4c6ccccc6ccc54)c4ccccc34)cccc2c1. The van der Waals surface area contributed by atoms with Gasteiger partial charge in [-0.25, -0.2) is 0 Å². The highest BCUT2D eigenvalue weighted by molar-refractivity contribution is 6.21. The average Bonchev–Trinajstić information content (AvgIpc) is 1.56. The molecule has 0 unspecified atom stereocenters. The van der Waals surface area contributed by atoms with Gasteiger partial charge in [-0.2, -0.15) is 0 Å². The Kier molecular flexibility index (Phi) is 15.9. The minimum atomic E-state index is -0.486. The molecule has 21 aromatic carbocycles. The van der Waals surface area contributed by atoms with Crippen LogP contribution in [-0.4, -0.2) is 0 Å². The molecule has 0 fully saturated rings. The molecule has 24 aromatic rings. The van der Waals surface area contributed by atoms with Crippen LogP contribution in [0.2, 0.25) is 0 Å². The second-order valence-corrected chi connectivity index (χ2v) is 30.5. The summed E-state index contributed by atoms with van der Waals surface area (Å²) in [6, 6.07) is 129. The van der Waals surface area contributed by atoms with Crippen LogP contribution in [0.25, 0.3) is 198 Å². The first kappa shape index (κ1) is 62.0.